The van der Waals surface area contributed by atoms with Crippen molar-refractivity contribution in [2.45, 2.75) is 13.8 Å². The fourth-order valence-corrected chi connectivity index (χ4v) is 0.752. The highest BCUT2D eigenvalue weighted by atomic mass is 32.1. The van der Waals surface area contributed by atoms with Crippen LogP contribution in [0.5, 0.6) is 0 Å². The van der Waals surface area contributed by atoms with Crippen molar-refractivity contribution in [3.05, 3.63) is 0 Å². The quantitative estimate of drug-likeness (QED) is 0.240. The molecule has 0 aliphatic heterocycles. The summed E-state index contributed by atoms with van der Waals surface area (Å²) in [5, 5.41) is 14.2. The van der Waals surface area contributed by atoms with Gasteiger partial charge < -0.3 is 10.6 Å². The maximum Gasteiger partial charge on any atom is 0.211 e. The van der Waals surface area contributed by atoms with Gasteiger partial charge >= 0.3 is 0 Å². The molecule has 0 aromatic heterocycles. The van der Waals surface area contributed by atoms with Gasteiger partial charge in [-0.15, -0.1) is 0 Å². The van der Waals surface area contributed by atoms with Crippen LogP contribution in [-0.2, 0) is 0 Å². The van der Waals surface area contributed by atoms with Crippen LogP contribution in [0.1, 0.15) is 13.8 Å². The normalized spacial score (nSPS) is 13.1. The van der Waals surface area contributed by atoms with Crippen molar-refractivity contribution < 1.29 is 0 Å². The number of hydrogen-bond acceptors (Lipinski definition) is 4. The first-order valence-corrected chi connectivity index (χ1v) is 5.43. The number of thiocarbonyl (C=S) groups is 1. The number of hydrazone groups is 2. The minimum Gasteiger partial charge on any atom is -0.364 e. The lowest BCUT2D eigenvalue weighted by Crippen LogP contribution is -2.33. The van der Waals surface area contributed by atoms with Crippen molar-refractivity contribution in [1.82, 2.24) is 21.5 Å². The Bertz CT molecular complexity index is 345. The highest BCUT2D eigenvalue weighted by Gasteiger charge is 1.98. The van der Waals surface area contributed by atoms with Gasteiger partial charge in [-0.2, -0.15) is 10.2 Å². The van der Waals surface area contributed by atoms with Gasteiger partial charge in [0.15, 0.2) is 5.11 Å². The van der Waals surface area contributed by atoms with Crippen molar-refractivity contribution >= 4 is 34.7 Å². The molecule has 7 nitrogen and oxygen atoms in total. The summed E-state index contributed by atoms with van der Waals surface area (Å²) < 4.78 is 0. The molecular formula is C9H19N7S. The predicted molar refractivity (Wildman–Crippen MR) is 76.6 cm³/mol. The topological polar surface area (TPSA) is 85.2 Å². The Balaban J connectivity index is 4.43. The van der Waals surface area contributed by atoms with Crippen LogP contribution in [0.3, 0.4) is 0 Å². The van der Waals surface area contributed by atoms with E-state index in [9.17, 15) is 0 Å². The van der Waals surface area contributed by atoms with E-state index >= 15 is 0 Å². The SMILES string of the molecule is CN=C(NC)NN=C(C)C(C)=NNC(=S)NC. The van der Waals surface area contributed by atoms with Crippen LogP contribution in [0.4, 0.5) is 0 Å². The highest BCUT2D eigenvalue weighted by Crippen LogP contribution is 1.82. The van der Waals surface area contributed by atoms with Gasteiger partial charge in [0, 0.05) is 21.1 Å². The van der Waals surface area contributed by atoms with Gasteiger partial charge in [0.05, 0.1) is 11.4 Å². The minimum absolute atomic E-state index is 0.455. The Kier molecular flexibility index (Phi) is 7.61. The van der Waals surface area contributed by atoms with E-state index in [-0.39, 0.29) is 0 Å². The molecule has 0 aliphatic carbocycles. The molecule has 0 heterocycles. The van der Waals surface area contributed by atoms with E-state index in [0.29, 0.717) is 11.1 Å². The second-order valence-electron chi connectivity index (χ2n) is 3.02. The van der Waals surface area contributed by atoms with E-state index in [2.05, 4.69) is 36.7 Å². The molecule has 96 valence electrons. The zero-order valence-electron chi connectivity index (χ0n) is 10.7. The van der Waals surface area contributed by atoms with Gasteiger partial charge in [-0.05, 0) is 26.1 Å². The van der Waals surface area contributed by atoms with E-state index in [1.807, 2.05) is 13.8 Å². The highest BCUT2D eigenvalue weighted by molar-refractivity contribution is 7.80. The average molecular weight is 257 g/mol. The van der Waals surface area contributed by atoms with Gasteiger partial charge in [0.25, 0.3) is 0 Å². The second-order valence-corrected chi connectivity index (χ2v) is 3.43. The summed E-state index contributed by atoms with van der Waals surface area (Å²) in [5.74, 6) is 0.579. The lowest BCUT2D eigenvalue weighted by atomic mass is 10.3. The lowest BCUT2D eigenvalue weighted by molar-refractivity contribution is 0.936. The molecule has 0 aromatic carbocycles. The zero-order chi connectivity index (χ0) is 13.3. The molecule has 0 atom stereocenters. The number of nitrogens with one attached hydrogen (secondary N) is 4. The maximum absolute atomic E-state index is 4.89. The van der Waals surface area contributed by atoms with Crippen molar-refractivity contribution in [3.8, 4) is 0 Å². The zero-order valence-corrected chi connectivity index (χ0v) is 11.6. The molecule has 4 N–H and O–H groups in total. The van der Waals surface area contributed by atoms with Crippen LogP contribution in [-0.4, -0.2) is 43.6 Å². The molecule has 17 heavy (non-hydrogen) atoms. The van der Waals surface area contributed by atoms with Crippen LogP contribution in [0.2, 0.25) is 0 Å². The molecule has 0 saturated heterocycles. The Hall–Kier alpha value is -1.70. The number of guanidine groups is 1. The molecular weight excluding hydrogens is 238 g/mol. The number of nitrogens with zero attached hydrogens (tertiary/aromatic N) is 3. The lowest BCUT2D eigenvalue weighted by Gasteiger charge is -2.06. The first-order valence-electron chi connectivity index (χ1n) is 5.02. The Morgan fingerprint density at radius 1 is 0.941 bits per heavy atom. The smallest absolute Gasteiger partial charge is 0.211 e. The van der Waals surface area contributed by atoms with Crippen LogP contribution in [0.25, 0.3) is 0 Å². The summed E-state index contributed by atoms with van der Waals surface area (Å²) in [6.07, 6.45) is 0. The fraction of sp³-hybridized carbons (Fsp3) is 0.556. The van der Waals surface area contributed by atoms with E-state index in [4.69, 9.17) is 12.2 Å². The van der Waals surface area contributed by atoms with Crippen LogP contribution in [0, 0.1) is 0 Å². The summed E-state index contributed by atoms with van der Waals surface area (Å²) in [6, 6.07) is 0. The molecule has 0 radical (unpaired) electrons. The Morgan fingerprint density at radius 3 is 1.88 bits per heavy atom. The standard InChI is InChI=1S/C9H19N7S/c1-6(13-15-8(10-3)11-4)7(2)14-16-9(17)12-5/h1-5H3,(H2,10,11,15)(H2,12,16,17). The molecule has 0 bridgehead atoms. The van der Waals surface area contributed by atoms with E-state index in [1.54, 1.807) is 21.1 Å². The van der Waals surface area contributed by atoms with Crippen molar-refractivity contribution in [2.75, 3.05) is 21.1 Å². The fourth-order valence-electron chi connectivity index (χ4n) is 0.707. The molecule has 0 fully saturated rings. The summed E-state index contributed by atoms with van der Waals surface area (Å²) in [6.45, 7) is 3.66. The third-order valence-corrected chi connectivity index (χ3v) is 2.16. The van der Waals surface area contributed by atoms with E-state index in [1.165, 1.54) is 0 Å². The van der Waals surface area contributed by atoms with Gasteiger partial charge in [-0.25, -0.2) is 5.43 Å². The van der Waals surface area contributed by atoms with Crippen molar-refractivity contribution in [2.24, 2.45) is 15.2 Å². The molecule has 0 saturated carbocycles. The molecule has 0 amide bonds. The second kappa shape index (κ2) is 8.45. The van der Waals surface area contributed by atoms with Gasteiger partial charge in [0.1, 0.15) is 0 Å². The first-order chi connectivity index (χ1) is 8.04. The van der Waals surface area contributed by atoms with Crippen molar-refractivity contribution in [1.29, 1.82) is 0 Å². The van der Waals surface area contributed by atoms with Crippen molar-refractivity contribution in [3.63, 3.8) is 0 Å². The van der Waals surface area contributed by atoms with Gasteiger partial charge in [0.2, 0.25) is 5.96 Å². The van der Waals surface area contributed by atoms with Gasteiger partial charge in [-0.3, -0.25) is 10.4 Å². The summed E-state index contributed by atoms with van der Waals surface area (Å²) in [5.41, 5.74) is 6.91. The third-order valence-electron chi connectivity index (χ3n) is 1.87. The number of hydrogen-bond donors (Lipinski definition) is 4. The monoisotopic (exact) mass is 257 g/mol. The Labute approximate surface area is 107 Å². The molecule has 0 aromatic rings. The van der Waals surface area contributed by atoms with Gasteiger partial charge in [-0.1, -0.05) is 0 Å². The third kappa shape index (κ3) is 6.46. The summed E-state index contributed by atoms with van der Waals surface area (Å²) in [4.78, 5) is 3.93. The maximum atomic E-state index is 4.89. The first kappa shape index (κ1) is 15.3. The van der Waals surface area contributed by atoms with Crippen LogP contribution < -0.4 is 21.5 Å². The van der Waals surface area contributed by atoms with E-state index in [0.717, 1.165) is 11.4 Å². The number of rotatable bonds is 3. The minimum atomic E-state index is 0.455. The van der Waals surface area contributed by atoms with Crippen LogP contribution in [0.15, 0.2) is 15.2 Å². The molecule has 0 rings (SSSR count). The average Bonchev–Trinajstić information content (AvgIpc) is 2.36. The molecule has 0 aliphatic rings. The van der Waals surface area contributed by atoms with E-state index < -0.39 is 0 Å². The van der Waals surface area contributed by atoms with Crippen LogP contribution >= 0.6 is 12.2 Å². The molecule has 0 spiro atoms. The molecule has 8 heteroatoms. The Morgan fingerprint density at radius 2 is 1.47 bits per heavy atom. The predicted octanol–water partition coefficient (Wildman–Crippen LogP) is -0.373. The largest absolute Gasteiger partial charge is 0.364 e. The summed E-state index contributed by atoms with van der Waals surface area (Å²) in [7, 11) is 5.14. The molecule has 0 unspecified atom stereocenters. The summed E-state index contributed by atoms with van der Waals surface area (Å²) >= 11 is 4.89. The number of aliphatic imine (C=N–C) groups is 1.